The highest BCUT2D eigenvalue weighted by molar-refractivity contribution is 7.99. The SMILES string of the molecule is CC(C)C(C)(C)c1ccc(C(c2ccc(C(C)(C)C(C)C)cc2)[C@H]2CSCN2)cc1. The predicted octanol–water partition coefficient (Wildman–Crippen LogP) is 7.35. The van der Waals surface area contributed by atoms with E-state index < -0.39 is 0 Å². The van der Waals surface area contributed by atoms with Gasteiger partial charge in [-0.3, -0.25) is 0 Å². The summed E-state index contributed by atoms with van der Waals surface area (Å²) in [5.74, 6) is 3.85. The van der Waals surface area contributed by atoms with Crippen molar-refractivity contribution >= 4 is 11.8 Å². The molecule has 1 aliphatic rings. The lowest BCUT2D eigenvalue weighted by Gasteiger charge is -2.32. The van der Waals surface area contributed by atoms with E-state index in [4.69, 9.17) is 0 Å². The van der Waals surface area contributed by atoms with E-state index in [1.807, 2.05) is 11.8 Å². The van der Waals surface area contributed by atoms with Crippen molar-refractivity contribution in [2.45, 2.75) is 78.2 Å². The van der Waals surface area contributed by atoms with Crippen LogP contribution in [0.25, 0.3) is 0 Å². The van der Waals surface area contributed by atoms with Crippen LogP contribution in [0.1, 0.15) is 83.6 Å². The number of hydrogen-bond acceptors (Lipinski definition) is 2. The quantitative estimate of drug-likeness (QED) is 0.499. The Bertz CT molecular complexity index is 745. The Hall–Kier alpha value is -1.25. The van der Waals surface area contributed by atoms with Crippen molar-refractivity contribution in [1.82, 2.24) is 5.32 Å². The molecule has 30 heavy (non-hydrogen) atoms. The van der Waals surface area contributed by atoms with Crippen LogP contribution in [-0.2, 0) is 10.8 Å². The number of thioether (sulfide) groups is 1. The third-order valence-corrected chi connectivity index (χ3v) is 9.03. The number of nitrogens with one attached hydrogen (secondary N) is 1. The molecule has 1 atom stereocenters. The van der Waals surface area contributed by atoms with Gasteiger partial charge in [0.15, 0.2) is 0 Å². The lowest BCUT2D eigenvalue weighted by molar-refractivity contribution is 0.372. The third-order valence-electron chi connectivity index (χ3n) is 8.06. The molecule has 3 rings (SSSR count). The second-order valence-corrected chi connectivity index (χ2v) is 11.8. The van der Waals surface area contributed by atoms with Crippen LogP contribution in [0.5, 0.6) is 0 Å². The second kappa shape index (κ2) is 9.09. The molecule has 2 aromatic rings. The van der Waals surface area contributed by atoms with E-state index in [0.717, 1.165) is 5.88 Å². The first-order valence-corrected chi connectivity index (χ1v) is 12.7. The van der Waals surface area contributed by atoms with Crippen molar-refractivity contribution < 1.29 is 0 Å². The van der Waals surface area contributed by atoms with Crippen molar-refractivity contribution in [3.8, 4) is 0 Å². The molecule has 164 valence electrons. The molecule has 0 spiro atoms. The molecule has 0 radical (unpaired) electrons. The van der Waals surface area contributed by atoms with Gasteiger partial charge in [0.25, 0.3) is 0 Å². The van der Waals surface area contributed by atoms with Gasteiger partial charge in [-0.05, 0) is 44.9 Å². The number of rotatable bonds is 7. The van der Waals surface area contributed by atoms with Gasteiger partial charge >= 0.3 is 0 Å². The van der Waals surface area contributed by atoms with Crippen molar-refractivity contribution in [3.05, 3.63) is 70.8 Å². The van der Waals surface area contributed by atoms with Gasteiger partial charge in [-0.1, -0.05) is 104 Å². The number of hydrogen-bond donors (Lipinski definition) is 1. The molecule has 1 nitrogen and oxygen atoms in total. The molecule has 0 saturated carbocycles. The van der Waals surface area contributed by atoms with Crippen molar-refractivity contribution in [2.24, 2.45) is 11.8 Å². The highest BCUT2D eigenvalue weighted by Gasteiger charge is 2.30. The fourth-order valence-electron chi connectivity index (χ4n) is 4.19. The molecule has 0 unspecified atom stereocenters. The predicted molar refractivity (Wildman–Crippen MR) is 135 cm³/mol. The molecule has 1 fully saturated rings. The Kier molecular flexibility index (Phi) is 7.09. The zero-order chi connectivity index (χ0) is 22.1. The first-order valence-electron chi connectivity index (χ1n) is 11.6. The van der Waals surface area contributed by atoms with Gasteiger partial charge in [-0.25, -0.2) is 0 Å². The highest BCUT2D eigenvalue weighted by atomic mass is 32.2. The molecule has 2 aromatic carbocycles. The summed E-state index contributed by atoms with van der Waals surface area (Å²) >= 11 is 2.01. The molecule has 0 aromatic heterocycles. The van der Waals surface area contributed by atoms with Crippen LogP contribution in [-0.4, -0.2) is 17.7 Å². The molecule has 0 bridgehead atoms. The van der Waals surface area contributed by atoms with Crippen LogP contribution in [0.2, 0.25) is 0 Å². The van der Waals surface area contributed by atoms with Crippen molar-refractivity contribution in [2.75, 3.05) is 11.6 Å². The smallest absolute Gasteiger partial charge is 0.0421 e. The molecule has 2 heteroatoms. The van der Waals surface area contributed by atoms with Gasteiger partial charge < -0.3 is 5.32 Å². The van der Waals surface area contributed by atoms with Gasteiger partial charge in [-0.15, -0.1) is 11.8 Å². The zero-order valence-corrected chi connectivity index (χ0v) is 21.1. The lowest BCUT2D eigenvalue weighted by atomic mass is 9.73. The van der Waals surface area contributed by atoms with Gasteiger partial charge in [0, 0.05) is 23.6 Å². The van der Waals surface area contributed by atoms with Crippen LogP contribution in [0.15, 0.2) is 48.5 Å². The van der Waals surface area contributed by atoms with Gasteiger partial charge in [-0.2, -0.15) is 0 Å². The Morgan fingerprint density at radius 2 is 1.13 bits per heavy atom. The molecule has 1 saturated heterocycles. The van der Waals surface area contributed by atoms with E-state index in [1.165, 1.54) is 28.0 Å². The lowest BCUT2D eigenvalue weighted by Crippen LogP contribution is -2.32. The molecule has 1 aliphatic heterocycles. The topological polar surface area (TPSA) is 12.0 Å². The highest BCUT2D eigenvalue weighted by Crippen LogP contribution is 2.37. The molecule has 1 heterocycles. The third kappa shape index (κ3) is 4.65. The Balaban J connectivity index is 1.95. The van der Waals surface area contributed by atoms with Crippen molar-refractivity contribution in [3.63, 3.8) is 0 Å². The van der Waals surface area contributed by atoms with E-state index in [1.54, 1.807) is 0 Å². The van der Waals surface area contributed by atoms with Crippen LogP contribution >= 0.6 is 11.8 Å². The maximum atomic E-state index is 3.74. The largest absolute Gasteiger partial charge is 0.303 e. The van der Waals surface area contributed by atoms with E-state index >= 15 is 0 Å². The first kappa shape index (κ1) is 23.4. The minimum atomic E-state index is 0.194. The molecular weight excluding hydrogens is 382 g/mol. The second-order valence-electron chi connectivity index (χ2n) is 10.8. The normalized spacial score (nSPS) is 18.0. The molecular formula is C28H41NS. The average Bonchev–Trinajstić information content (AvgIpc) is 3.23. The van der Waals surface area contributed by atoms with E-state index in [2.05, 4.69) is 109 Å². The summed E-state index contributed by atoms with van der Waals surface area (Å²) in [6.45, 7) is 18.7. The van der Waals surface area contributed by atoms with Crippen LogP contribution in [0.4, 0.5) is 0 Å². The minimum absolute atomic E-state index is 0.194. The average molecular weight is 424 g/mol. The van der Waals surface area contributed by atoms with Gasteiger partial charge in [0.1, 0.15) is 0 Å². The zero-order valence-electron chi connectivity index (χ0n) is 20.3. The van der Waals surface area contributed by atoms with Crippen LogP contribution in [0, 0.1) is 11.8 Å². The Morgan fingerprint density at radius 3 is 1.43 bits per heavy atom. The van der Waals surface area contributed by atoms with Crippen LogP contribution in [0.3, 0.4) is 0 Å². The minimum Gasteiger partial charge on any atom is -0.303 e. The summed E-state index contributed by atoms with van der Waals surface area (Å²) in [6, 6.07) is 19.4. The summed E-state index contributed by atoms with van der Waals surface area (Å²) in [4.78, 5) is 0. The number of benzene rings is 2. The van der Waals surface area contributed by atoms with Gasteiger partial charge in [0.05, 0.1) is 0 Å². The van der Waals surface area contributed by atoms with Gasteiger partial charge in [0.2, 0.25) is 0 Å². The maximum Gasteiger partial charge on any atom is 0.0421 e. The summed E-state index contributed by atoms with van der Waals surface area (Å²) < 4.78 is 0. The van der Waals surface area contributed by atoms with E-state index in [9.17, 15) is 0 Å². The summed E-state index contributed by atoms with van der Waals surface area (Å²) in [7, 11) is 0. The maximum absolute atomic E-state index is 3.74. The van der Waals surface area contributed by atoms with Crippen molar-refractivity contribution in [1.29, 1.82) is 0 Å². The van der Waals surface area contributed by atoms with Crippen LogP contribution < -0.4 is 5.32 Å². The summed E-state index contributed by atoms with van der Waals surface area (Å²) in [5, 5.41) is 3.74. The Labute approximate surface area is 189 Å². The summed E-state index contributed by atoms with van der Waals surface area (Å²) in [5.41, 5.74) is 6.10. The standard InChI is InChI=1S/C28H41NS/c1-19(2)27(5,6)23-13-9-21(10-14-23)26(25-17-30-18-29-25)22-11-15-24(16-12-22)28(7,8)20(3)4/h9-16,19-20,25-26,29H,17-18H2,1-8H3/t25-/m1/s1. The summed E-state index contributed by atoms with van der Waals surface area (Å²) in [6.07, 6.45) is 0. The fraction of sp³-hybridized carbons (Fsp3) is 0.571. The fourth-order valence-corrected chi connectivity index (χ4v) is 5.20. The molecule has 0 aliphatic carbocycles. The van der Waals surface area contributed by atoms with E-state index in [-0.39, 0.29) is 10.8 Å². The van der Waals surface area contributed by atoms with E-state index in [0.29, 0.717) is 23.8 Å². The molecule has 1 N–H and O–H groups in total. The first-order chi connectivity index (χ1) is 14.0. The monoisotopic (exact) mass is 423 g/mol. The Morgan fingerprint density at radius 1 is 0.733 bits per heavy atom. The molecule has 0 amide bonds.